The third kappa shape index (κ3) is 4.42. The van der Waals surface area contributed by atoms with Crippen molar-refractivity contribution in [1.82, 2.24) is 10.2 Å². The number of hydrogen-bond acceptors (Lipinski definition) is 3. The smallest absolute Gasteiger partial charge is 0.251 e. The number of anilines is 1. The second-order valence-electron chi connectivity index (χ2n) is 6.86. The van der Waals surface area contributed by atoms with Crippen molar-refractivity contribution in [2.24, 2.45) is 0 Å². The van der Waals surface area contributed by atoms with Gasteiger partial charge in [-0.25, -0.2) is 0 Å². The van der Waals surface area contributed by atoms with Gasteiger partial charge < -0.3 is 15.1 Å². The van der Waals surface area contributed by atoms with Crippen molar-refractivity contribution < 1.29 is 9.59 Å². The van der Waals surface area contributed by atoms with Crippen LogP contribution in [0.15, 0.2) is 48.5 Å². The van der Waals surface area contributed by atoms with E-state index < -0.39 is 0 Å². The molecular formula is C21H25N3O2. The van der Waals surface area contributed by atoms with E-state index in [1.807, 2.05) is 72.4 Å². The number of hydrogen-bond donors (Lipinski definition) is 1. The first kappa shape index (κ1) is 18.0. The molecule has 1 saturated heterocycles. The molecule has 2 aromatic carbocycles. The van der Waals surface area contributed by atoms with Gasteiger partial charge in [0.15, 0.2) is 0 Å². The summed E-state index contributed by atoms with van der Waals surface area (Å²) in [7, 11) is 4.00. The summed E-state index contributed by atoms with van der Waals surface area (Å²) in [5.41, 5.74) is 3.88. The highest BCUT2D eigenvalue weighted by Crippen LogP contribution is 2.15. The van der Waals surface area contributed by atoms with Crippen LogP contribution in [0, 0.1) is 0 Å². The van der Waals surface area contributed by atoms with Crippen molar-refractivity contribution in [2.75, 3.05) is 25.5 Å². The molecule has 0 atom stereocenters. The van der Waals surface area contributed by atoms with Gasteiger partial charge >= 0.3 is 0 Å². The van der Waals surface area contributed by atoms with Gasteiger partial charge in [0.25, 0.3) is 5.91 Å². The molecule has 0 saturated carbocycles. The number of rotatable bonds is 6. The second-order valence-corrected chi connectivity index (χ2v) is 6.86. The Bertz CT molecular complexity index is 767. The van der Waals surface area contributed by atoms with E-state index in [0.29, 0.717) is 25.1 Å². The number of amides is 2. The summed E-state index contributed by atoms with van der Waals surface area (Å²) in [6.45, 7) is 1.95. The van der Waals surface area contributed by atoms with E-state index in [1.165, 1.54) is 0 Å². The van der Waals surface area contributed by atoms with E-state index in [2.05, 4.69) is 5.32 Å². The molecule has 26 heavy (non-hydrogen) atoms. The van der Waals surface area contributed by atoms with E-state index in [0.717, 1.165) is 29.8 Å². The maximum atomic E-state index is 12.3. The molecule has 1 aliphatic heterocycles. The lowest BCUT2D eigenvalue weighted by atomic mass is 10.1. The minimum absolute atomic E-state index is 0.0921. The fourth-order valence-electron chi connectivity index (χ4n) is 3.05. The largest absolute Gasteiger partial charge is 0.378 e. The van der Waals surface area contributed by atoms with Crippen molar-refractivity contribution in [3.05, 3.63) is 65.2 Å². The number of benzene rings is 2. The SMILES string of the molecule is CN(C)c1ccc(CNC(=O)c2ccc(CN3CCCC3=O)cc2)cc1. The molecule has 2 aromatic rings. The first-order valence-corrected chi connectivity index (χ1v) is 8.94. The van der Waals surface area contributed by atoms with Crippen LogP contribution < -0.4 is 10.2 Å². The Kier molecular flexibility index (Phi) is 5.56. The van der Waals surface area contributed by atoms with Crippen molar-refractivity contribution in [2.45, 2.75) is 25.9 Å². The zero-order valence-electron chi connectivity index (χ0n) is 15.4. The molecule has 3 rings (SSSR count). The Balaban J connectivity index is 1.53. The summed E-state index contributed by atoms with van der Waals surface area (Å²) >= 11 is 0. The highest BCUT2D eigenvalue weighted by Gasteiger charge is 2.19. The molecule has 0 spiro atoms. The van der Waals surface area contributed by atoms with Crippen LogP contribution in [0.3, 0.4) is 0 Å². The van der Waals surface area contributed by atoms with Crippen LogP contribution in [-0.4, -0.2) is 37.4 Å². The van der Waals surface area contributed by atoms with Gasteiger partial charge in [0.05, 0.1) is 0 Å². The monoisotopic (exact) mass is 351 g/mol. The van der Waals surface area contributed by atoms with Crippen LogP contribution in [0.1, 0.15) is 34.3 Å². The molecule has 0 bridgehead atoms. The quantitative estimate of drug-likeness (QED) is 0.871. The highest BCUT2D eigenvalue weighted by molar-refractivity contribution is 5.94. The van der Waals surface area contributed by atoms with Crippen LogP contribution in [0.25, 0.3) is 0 Å². The van der Waals surface area contributed by atoms with Crippen LogP contribution in [0.2, 0.25) is 0 Å². The number of nitrogens with one attached hydrogen (secondary N) is 1. The van der Waals surface area contributed by atoms with Gasteiger partial charge in [-0.15, -0.1) is 0 Å². The molecule has 136 valence electrons. The molecule has 0 aromatic heterocycles. The van der Waals surface area contributed by atoms with Gasteiger partial charge in [0.1, 0.15) is 0 Å². The Morgan fingerprint density at radius 1 is 1.04 bits per heavy atom. The molecule has 1 heterocycles. The number of carbonyl (C=O) groups excluding carboxylic acids is 2. The van der Waals surface area contributed by atoms with Crippen LogP contribution >= 0.6 is 0 Å². The number of likely N-dealkylation sites (tertiary alicyclic amines) is 1. The molecule has 1 N–H and O–H groups in total. The Labute approximate surface area is 154 Å². The average Bonchev–Trinajstić information content (AvgIpc) is 3.05. The minimum atomic E-state index is -0.0921. The number of nitrogens with zero attached hydrogens (tertiary/aromatic N) is 2. The standard InChI is InChI=1S/C21H25N3O2/c1-23(2)19-11-7-16(8-12-19)14-22-21(26)18-9-5-17(6-10-18)15-24-13-3-4-20(24)25/h5-12H,3-4,13-15H2,1-2H3,(H,22,26). The first-order chi connectivity index (χ1) is 12.5. The maximum Gasteiger partial charge on any atom is 0.251 e. The molecule has 1 aliphatic rings. The van der Waals surface area contributed by atoms with Gasteiger partial charge in [-0.2, -0.15) is 0 Å². The van der Waals surface area contributed by atoms with Crippen LogP contribution in [0.4, 0.5) is 5.69 Å². The molecular weight excluding hydrogens is 326 g/mol. The van der Waals surface area contributed by atoms with Crippen LogP contribution in [-0.2, 0) is 17.9 Å². The molecule has 0 radical (unpaired) electrons. The zero-order chi connectivity index (χ0) is 18.5. The fourth-order valence-corrected chi connectivity index (χ4v) is 3.05. The van der Waals surface area contributed by atoms with Crippen molar-refractivity contribution in [3.8, 4) is 0 Å². The Hall–Kier alpha value is -2.82. The van der Waals surface area contributed by atoms with Crippen molar-refractivity contribution >= 4 is 17.5 Å². The normalized spacial score (nSPS) is 13.8. The van der Waals surface area contributed by atoms with Gasteiger partial charge in [-0.05, 0) is 41.8 Å². The summed E-state index contributed by atoms with van der Waals surface area (Å²) < 4.78 is 0. The summed E-state index contributed by atoms with van der Waals surface area (Å²) in [5.74, 6) is 0.123. The Morgan fingerprint density at radius 2 is 1.69 bits per heavy atom. The summed E-state index contributed by atoms with van der Waals surface area (Å²) in [5, 5.41) is 2.95. The van der Waals surface area contributed by atoms with E-state index in [4.69, 9.17) is 0 Å². The second kappa shape index (κ2) is 8.04. The zero-order valence-corrected chi connectivity index (χ0v) is 15.4. The maximum absolute atomic E-state index is 12.3. The lowest BCUT2D eigenvalue weighted by Gasteiger charge is -2.15. The van der Waals surface area contributed by atoms with Gasteiger partial charge in [0.2, 0.25) is 5.91 Å². The fraction of sp³-hybridized carbons (Fsp3) is 0.333. The Morgan fingerprint density at radius 3 is 2.27 bits per heavy atom. The van der Waals surface area contributed by atoms with Gasteiger partial charge in [0, 0.05) is 51.4 Å². The lowest BCUT2D eigenvalue weighted by Crippen LogP contribution is -2.24. The van der Waals surface area contributed by atoms with E-state index >= 15 is 0 Å². The highest BCUT2D eigenvalue weighted by atomic mass is 16.2. The third-order valence-electron chi connectivity index (χ3n) is 4.67. The molecule has 5 heteroatoms. The molecule has 0 aliphatic carbocycles. The topological polar surface area (TPSA) is 52.7 Å². The molecule has 1 fully saturated rings. The predicted octanol–water partition coefficient (Wildman–Crippen LogP) is 2.81. The third-order valence-corrected chi connectivity index (χ3v) is 4.67. The van der Waals surface area contributed by atoms with Gasteiger partial charge in [-0.1, -0.05) is 24.3 Å². The minimum Gasteiger partial charge on any atom is -0.378 e. The lowest BCUT2D eigenvalue weighted by molar-refractivity contribution is -0.128. The molecule has 2 amide bonds. The molecule has 5 nitrogen and oxygen atoms in total. The van der Waals surface area contributed by atoms with Crippen molar-refractivity contribution in [1.29, 1.82) is 0 Å². The summed E-state index contributed by atoms with van der Waals surface area (Å²) in [4.78, 5) is 27.9. The first-order valence-electron chi connectivity index (χ1n) is 8.94. The predicted molar refractivity (Wildman–Crippen MR) is 103 cm³/mol. The van der Waals surface area contributed by atoms with E-state index in [-0.39, 0.29) is 11.8 Å². The summed E-state index contributed by atoms with van der Waals surface area (Å²) in [6, 6.07) is 15.6. The number of carbonyl (C=O) groups is 2. The van der Waals surface area contributed by atoms with Gasteiger partial charge in [-0.3, -0.25) is 9.59 Å². The van der Waals surface area contributed by atoms with Crippen molar-refractivity contribution in [3.63, 3.8) is 0 Å². The van der Waals surface area contributed by atoms with E-state index in [9.17, 15) is 9.59 Å². The average molecular weight is 351 g/mol. The molecule has 0 unspecified atom stereocenters. The van der Waals surface area contributed by atoms with Crippen LogP contribution in [0.5, 0.6) is 0 Å². The van der Waals surface area contributed by atoms with E-state index in [1.54, 1.807) is 0 Å². The summed E-state index contributed by atoms with van der Waals surface area (Å²) in [6.07, 6.45) is 1.59.